The molecule has 0 radical (unpaired) electrons. The van der Waals surface area contributed by atoms with Crippen LogP contribution in [0.2, 0.25) is 0 Å². The predicted molar refractivity (Wildman–Crippen MR) is 101 cm³/mol. The van der Waals surface area contributed by atoms with E-state index in [-0.39, 0.29) is 5.75 Å². The van der Waals surface area contributed by atoms with Crippen molar-refractivity contribution in [3.05, 3.63) is 36.0 Å². The number of aromatic nitrogens is 2. The van der Waals surface area contributed by atoms with Gasteiger partial charge in [0.15, 0.2) is 5.82 Å². The molecule has 2 aromatic rings. The van der Waals surface area contributed by atoms with Gasteiger partial charge in [-0.25, -0.2) is 9.97 Å². The van der Waals surface area contributed by atoms with Crippen molar-refractivity contribution in [2.24, 2.45) is 0 Å². The normalized spacial score (nSPS) is 21.3. The van der Waals surface area contributed by atoms with E-state index >= 15 is 0 Å². The summed E-state index contributed by atoms with van der Waals surface area (Å²) in [6.07, 6.45) is 3.33. The van der Waals surface area contributed by atoms with Crippen LogP contribution in [0.5, 0.6) is 5.75 Å². The Morgan fingerprint density at radius 1 is 1.12 bits per heavy atom. The van der Waals surface area contributed by atoms with Gasteiger partial charge < -0.3 is 20.1 Å². The number of hydrogen-bond donors (Lipinski definition) is 2. The van der Waals surface area contributed by atoms with Crippen LogP contribution in [0.15, 0.2) is 30.3 Å². The van der Waals surface area contributed by atoms with Crippen molar-refractivity contribution in [2.45, 2.75) is 38.3 Å². The lowest BCUT2D eigenvalue weighted by molar-refractivity contribution is 0.186. The Morgan fingerprint density at radius 2 is 1.92 bits per heavy atom. The lowest BCUT2D eigenvalue weighted by atomic mass is 10.0. The number of hydrogen-bond acceptors (Lipinski definition) is 6. The number of para-hydroxylation sites is 1. The SMILES string of the molecule is Cc1cc(N2CCC(N[C@@H]3CCOC3)CC2)nc(-c2ccccc2O)n1. The third kappa shape index (κ3) is 3.81. The van der Waals surface area contributed by atoms with Crippen LogP contribution in [-0.2, 0) is 4.74 Å². The van der Waals surface area contributed by atoms with E-state index in [1.54, 1.807) is 6.07 Å². The summed E-state index contributed by atoms with van der Waals surface area (Å²) < 4.78 is 5.46. The van der Waals surface area contributed by atoms with Gasteiger partial charge in [0.1, 0.15) is 11.6 Å². The Bertz CT molecular complexity index is 753. The summed E-state index contributed by atoms with van der Waals surface area (Å²) in [4.78, 5) is 11.6. The van der Waals surface area contributed by atoms with Gasteiger partial charge in [-0.3, -0.25) is 0 Å². The molecule has 6 heteroatoms. The standard InChI is InChI=1S/C20H26N4O2/c1-14-12-19(23-20(21-14)17-4-2-3-5-18(17)25)24-9-6-15(7-10-24)22-16-8-11-26-13-16/h2-5,12,15-16,22,25H,6-11,13H2,1H3/t16-/m1/s1. The number of aromatic hydroxyl groups is 1. The first-order chi connectivity index (χ1) is 12.7. The summed E-state index contributed by atoms with van der Waals surface area (Å²) in [5.74, 6) is 1.74. The minimum absolute atomic E-state index is 0.214. The molecule has 0 bridgehead atoms. The molecule has 4 rings (SSSR count). The summed E-state index contributed by atoms with van der Waals surface area (Å²) in [5.41, 5.74) is 1.59. The fraction of sp³-hybridized carbons (Fsp3) is 0.500. The zero-order valence-electron chi connectivity index (χ0n) is 15.2. The summed E-state index contributed by atoms with van der Waals surface area (Å²) in [5, 5.41) is 13.8. The first-order valence-electron chi connectivity index (χ1n) is 9.42. The number of phenolic OH excluding ortho intramolecular Hbond substituents is 1. The molecule has 0 saturated carbocycles. The number of ether oxygens (including phenoxy) is 1. The number of nitrogens with zero attached hydrogens (tertiary/aromatic N) is 3. The maximum Gasteiger partial charge on any atom is 0.165 e. The van der Waals surface area contributed by atoms with Crippen LogP contribution in [0.4, 0.5) is 5.82 Å². The Hall–Kier alpha value is -2.18. The van der Waals surface area contributed by atoms with Crippen molar-refractivity contribution in [1.82, 2.24) is 15.3 Å². The molecule has 0 aliphatic carbocycles. The van der Waals surface area contributed by atoms with Crippen molar-refractivity contribution < 1.29 is 9.84 Å². The molecule has 2 fully saturated rings. The average Bonchev–Trinajstić information content (AvgIpc) is 3.15. The number of benzene rings is 1. The molecule has 2 aliphatic rings. The smallest absolute Gasteiger partial charge is 0.165 e. The molecule has 0 unspecified atom stereocenters. The van der Waals surface area contributed by atoms with E-state index in [4.69, 9.17) is 9.72 Å². The average molecular weight is 354 g/mol. The largest absolute Gasteiger partial charge is 0.507 e. The molecule has 6 nitrogen and oxygen atoms in total. The second-order valence-electron chi connectivity index (χ2n) is 7.20. The zero-order valence-corrected chi connectivity index (χ0v) is 15.2. The minimum atomic E-state index is 0.214. The number of anilines is 1. The molecule has 0 spiro atoms. The summed E-state index contributed by atoms with van der Waals surface area (Å²) in [6.45, 7) is 5.65. The molecule has 2 saturated heterocycles. The lowest BCUT2D eigenvalue weighted by Gasteiger charge is -2.34. The molecular weight excluding hydrogens is 328 g/mol. The Balaban J connectivity index is 1.46. The number of phenols is 1. The van der Waals surface area contributed by atoms with Crippen LogP contribution in [0, 0.1) is 6.92 Å². The highest BCUT2D eigenvalue weighted by atomic mass is 16.5. The highest BCUT2D eigenvalue weighted by molar-refractivity contribution is 5.65. The van der Waals surface area contributed by atoms with Gasteiger partial charge in [0, 0.05) is 43.5 Å². The highest BCUT2D eigenvalue weighted by Gasteiger charge is 2.25. The molecule has 1 aromatic heterocycles. The topological polar surface area (TPSA) is 70.5 Å². The third-order valence-electron chi connectivity index (χ3n) is 5.21. The summed E-state index contributed by atoms with van der Waals surface area (Å²) in [7, 11) is 0. The maximum absolute atomic E-state index is 10.1. The molecule has 2 N–H and O–H groups in total. The van der Waals surface area contributed by atoms with Crippen molar-refractivity contribution in [2.75, 3.05) is 31.2 Å². The fourth-order valence-electron chi connectivity index (χ4n) is 3.77. The van der Waals surface area contributed by atoms with Crippen molar-refractivity contribution in [1.29, 1.82) is 0 Å². The van der Waals surface area contributed by atoms with E-state index in [0.717, 1.165) is 57.1 Å². The van der Waals surface area contributed by atoms with Crippen LogP contribution >= 0.6 is 0 Å². The number of aryl methyl sites for hydroxylation is 1. The van der Waals surface area contributed by atoms with Crippen LogP contribution < -0.4 is 10.2 Å². The van der Waals surface area contributed by atoms with Crippen molar-refractivity contribution in [3.63, 3.8) is 0 Å². The highest BCUT2D eigenvalue weighted by Crippen LogP contribution is 2.28. The molecule has 138 valence electrons. The van der Waals surface area contributed by atoms with E-state index in [1.807, 2.05) is 31.2 Å². The molecular formula is C20H26N4O2. The van der Waals surface area contributed by atoms with E-state index in [1.165, 1.54) is 0 Å². The Morgan fingerprint density at radius 3 is 2.65 bits per heavy atom. The fourth-order valence-corrected chi connectivity index (χ4v) is 3.77. The quantitative estimate of drug-likeness (QED) is 0.879. The van der Waals surface area contributed by atoms with Crippen molar-refractivity contribution >= 4 is 5.82 Å². The van der Waals surface area contributed by atoms with Crippen LogP contribution in [-0.4, -0.2) is 53.5 Å². The molecule has 3 heterocycles. The van der Waals surface area contributed by atoms with Gasteiger partial charge in [-0.15, -0.1) is 0 Å². The van der Waals surface area contributed by atoms with Crippen LogP contribution in [0.3, 0.4) is 0 Å². The monoisotopic (exact) mass is 354 g/mol. The number of piperidine rings is 1. The first-order valence-corrected chi connectivity index (χ1v) is 9.42. The molecule has 0 amide bonds. The summed E-state index contributed by atoms with van der Waals surface area (Å²) in [6, 6.07) is 10.3. The van der Waals surface area contributed by atoms with Gasteiger partial charge >= 0.3 is 0 Å². The molecule has 26 heavy (non-hydrogen) atoms. The molecule has 1 atom stereocenters. The maximum atomic E-state index is 10.1. The number of nitrogens with one attached hydrogen (secondary N) is 1. The van der Waals surface area contributed by atoms with E-state index in [2.05, 4.69) is 15.2 Å². The van der Waals surface area contributed by atoms with Gasteiger partial charge in [0.25, 0.3) is 0 Å². The second kappa shape index (κ2) is 7.60. The van der Waals surface area contributed by atoms with Crippen LogP contribution in [0.1, 0.15) is 25.0 Å². The molecule has 1 aromatic carbocycles. The third-order valence-corrected chi connectivity index (χ3v) is 5.21. The first kappa shape index (κ1) is 17.2. The number of rotatable bonds is 4. The van der Waals surface area contributed by atoms with Gasteiger partial charge in [-0.1, -0.05) is 12.1 Å². The van der Waals surface area contributed by atoms with Crippen molar-refractivity contribution in [3.8, 4) is 17.1 Å². The van der Waals surface area contributed by atoms with Gasteiger partial charge in [-0.2, -0.15) is 0 Å². The predicted octanol–water partition coefficient (Wildman–Crippen LogP) is 2.50. The van der Waals surface area contributed by atoms with Gasteiger partial charge in [0.05, 0.1) is 12.2 Å². The minimum Gasteiger partial charge on any atom is -0.507 e. The van der Waals surface area contributed by atoms with E-state index in [0.29, 0.717) is 23.5 Å². The summed E-state index contributed by atoms with van der Waals surface area (Å²) >= 11 is 0. The molecule has 2 aliphatic heterocycles. The van der Waals surface area contributed by atoms with Crippen LogP contribution in [0.25, 0.3) is 11.4 Å². The zero-order chi connectivity index (χ0) is 17.9. The van der Waals surface area contributed by atoms with Gasteiger partial charge in [0.2, 0.25) is 0 Å². The lowest BCUT2D eigenvalue weighted by Crippen LogP contribution is -2.46. The Labute approximate surface area is 154 Å². The van der Waals surface area contributed by atoms with E-state index < -0.39 is 0 Å². The van der Waals surface area contributed by atoms with Gasteiger partial charge in [-0.05, 0) is 38.3 Å². The van der Waals surface area contributed by atoms with E-state index in [9.17, 15) is 5.11 Å². The Kier molecular flexibility index (Phi) is 5.04. The second-order valence-corrected chi connectivity index (χ2v) is 7.20.